The third-order valence-corrected chi connectivity index (χ3v) is 8.49. The van der Waals surface area contributed by atoms with Gasteiger partial charge in [0.05, 0.1) is 18.9 Å². The molecule has 220 valence electrons. The number of unbranched alkanes of at least 4 members (excludes halogenated alkanes) is 1. The van der Waals surface area contributed by atoms with E-state index >= 15 is 0 Å². The first-order valence-corrected chi connectivity index (χ1v) is 14.5. The molecule has 0 unspecified atom stereocenters. The molecule has 3 heterocycles. The van der Waals surface area contributed by atoms with Crippen molar-refractivity contribution in [3.63, 3.8) is 0 Å². The van der Waals surface area contributed by atoms with E-state index in [2.05, 4.69) is 6.92 Å². The second-order valence-corrected chi connectivity index (χ2v) is 11.0. The Kier molecular flexibility index (Phi) is 9.09. The van der Waals surface area contributed by atoms with Gasteiger partial charge in [0.15, 0.2) is 11.5 Å². The number of likely N-dealkylation sites (tertiary alicyclic amines) is 1. The quantitative estimate of drug-likeness (QED) is 0.381. The van der Waals surface area contributed by atoms with Crippen LogP contribution in [0, 0.1) is 5.92 Å². The number of amides is 2. The van der Waals surface area contributed by atoms with Gasteiger partial charge in [-0.2, -0.15) is 0 Å². The van der Waals surface area contributed by atoms with Gasteiger partial charge >= 0.3 is 5.97 Å². The summed E-state index contributed by atoms with van der Waals surface area (Å²) in [5.74, 6) is -0.934. The van der Waals surface area contributed by atoms with Crippen LogP contribution in [0.3, 0.4) is 0 Å². The van der Waals surface area contributed by atoms with Gasteiger partial charge < -0.3 is 29.5 Å². The molecular formula is C31H39N3O7. The number of benzene rings is 2. The Morgan fingerprint density at radius 2 is 1.85 bits per heavy atom. The van der Waals surface area contributed by atoms with Gasteiger partial charge in [0.2, 0.25) is 18.6 Å². The minimum absolute atomic E-state index is 0.000707. The van der Waals surface area contributed by atoms with E-state index in [1.165, 1.54) is 0 Å². The molecule has 0 spiro atoms. The number of nitrogens with zero attached hydrogens (tertiary/aromatic N) is 3. The van der Waals surface area contributed by atoms with Crippen LogP contribution in [0.1, 0.15) is 49.7 Å². The zero-order valence-corrected chi connectivity index (χ0v) is 23.5. The number of aliphatic carboxylic acids is 1. The van der Waals surface area contributed by atoms with Crippen molar-refractivity contribution in [2.75, 3.05) is 51.0 Å². The first-order valence-electron chi connectivity index (χ1n) is 14.5. The summed E-state index contributed by atoms with van der Waals surface area (Å²) in [6.07, 6.45) is 3.04. The molecule has 0 aromatic heterocycles. The van der Waals surface area contributed by atoms with E-state index in [0.29, 0.717) is 56.9 Å². The first kappa shape index (κ1) is 28.9. The maximum Gasteiger partial charge on any atom is 0.308 e. The molecular weight excluding hydrogens is 526 g/mol. The van der Waals surface area contributed by atoms with Gasteiger partial charge in [-0.05, 0) is 48.6 Å². The first-order chi connectivity index (χ1) is 19.9. The third kappa shape index (κ3) is 6.18. The summed E-state index contributed by atoms with van der Waals surface area (Å²) in [5.41, 5.74) is 2.67. The smallest absolute Gasteiger partial charge is 0.308 e. The lowest BCUT2D eigenvalue weighted by atomic mass is 9.84. The second kappa shape index (κ2) is 12.9. The average Bonchev–Trinajstić information content (AvgIpc) is 3.66. The van der Waals surface area contributed by atoms with Gasteiger partial charge in [-0.3, -0.25) is 19.3 Å². The number of hydrogen-bond acceptors (Lipinski definition) is 7. The second-order valence-electron chi connectivity index (χ2n) is 11.0. The molecule has 41 heavy (non-hydrogen) atoms. The molecule has 1 fully saturated rings. The van der Waals surface area contributed by atoms with E-state index in [4.69, 9.17) is 9.47 Å². The minimum atomic E-state index is -0.927. The number of para-hydroxylation sites is 1. The molecule has 10 nitrogen and oxygen atoms in total. The summed E-state index contributed by atoms with van der Waals surface area (Å²) in [6, 6.07) is 12.8. The lowest BCUT2D eigenvalue weighted by Crippen LogP contribution is -2.46. The van der Waals surface area contributed by atoms with Crippen LogP contribution in [-0.2, 0) is 20.8 Å². The summed E-state index contributed by atoms with van der Waals surface area (Å²) in [5, 5.41) is 19.9. The minimum Gasteiger partial charge on any atom is -0.481 e. The van der Waals surface area contributed by atoms with Crippen molar-refractivity contribution in [1.82, 2.24) is 9.80 Å². The summed E-state index contributed by atoms with van der Waals surface area (Å²) >= 11 is 0. The van der Waals surface area contributed by atoms with E-state index in [1.807, 2.05) is 41.3 Å². The zero-order chi connectivity index (χ0) is 28.9. The standard InChI is InChI=1S/C31H39N3O7/c1-2-3-12-32(13-6-15-35)29(37)19-33-18-23(21-9-10-26-27(16-21)41-20-40-26)30(31(38)39)25(33)11-14-34-24-8-5-4-7-22(24)17-28(34)36/h4-5,7-10,16,23,25,30,35H,2-3,6,11-15,17-20H2,1H3,(H,38,39)/t23-,25+,30-/m1/s1. The van der Waals surface area contributed by atoms with Gasteiger partial charge in [-0.1, -0.05) is 37.6 Å². The lowest BCUT2D eigenvalue weighted by molar-refractivity contribution is -0.143. The molecule has 3 atom stereocenters. The van der Waals surface area contributed by atoms with Gasteiger partial charge in [0.1, 0.15) is 0 Å². The van der Waals surface area contributed by atoms with E-state index in [0.717, 1.165) is 29.7 Å². The Bertz CT molecular complexity index is 1260. The number of carbonyl (C=O) groups excluding carboxylic acids is 2. The van der Waals surface area contributed by atoms with Crippen LogP contribution in [0.4, 0.5) is 5.69 Å². The summed E-state index contributed by atoms with van der Waals surface area (Å²) in [6.45, 7) is 4.09. The highest BCUT2D eigenvalue weighted by Gasteiger charge is 2.47. The van der Waals surface area contributed by atoms with E-state index in [9.17, 15) is 24.6 Å². The van der Waals surface area contributed by atoms with Crippen LogP contribution in [-0.4, -0.2) is 90.0 Å². The van der Waals surface area contributed by atoms with Crippen molar-refractivity contribution in [2.45, 2.75) is 51.0 Å². The Hall–Kier alpha value is -3.63. The SMILES string of the molecule is CCCCN(CCCO)C(=O)CN1C[C@H](c2ccc3c(c2)OCO3)[C@@H](C(=O)O)[C@@H]1CCN1C(=O)Cc2ccccc21. The largest absolute Gasteiger partial charge is 0.481 e. The van der Waals surface area contributed by atoms with Crippen molar-refractivity contribution < 1.29 is 34.1 Å². The predicted octanol–water partition coefficient (Wildman–Crippen LogP) is 2.87. The Labute approximate surface area is 240 Å². The van der Waals surface area contributed by atoms with Crippen LogP contribution < -0.4 is 14.4 Å². The Balaban J connectivity index is 1.41. The molecule has 3 aliphatic rings. The Morgan fingerprint density at radius 1 is 1.07 bits per heavy atom. The number of carboxylic acids is 1. The number of aliphatic hydroxyl groups excluding tert-OH is 1. The highest BCUT2D eigenvalue weighted by Crippen LogP contribution is 2.43. The van der Waals surface area contributed by atoms with Crippen LogP contribution >= 0.6 is 0 Å². The zero-order valence-electron chi connectivity index (χ0n) is 23.5. The summed E-state index contributed by atoms with van der Waals surface area (Å²) in [7, 11) is 0. The number of hydrogen-bond donors (Lipinski definition) is 2. The maximum atomic E-state index is 13.6. The molecule has 2 aromatic carbocycles. The van der Waals surface area contributed by atoms with Crippen molar-refractivity contribution >= 4 is 23.5 Å². The molecule has 5 rings (SSSR count). The molecule has 10 heteroatoms. The highest BCUT2D eigenvalue weighted by molar-refractivity contribution is 6.01. The highest BCUT2D eigenvalue weighted by atomic mass is 16.7. The fourth-order valence-corrected chi connectivity index (χ4v) is 6.40. The van der Waals surface area contributed by atoms with Crippen LogP contribution in [0.2, 0.25) is 0 Å². The summed E-state index contributed by atoms with van der Waals surface area (Å²) < 4.78 is 11.0. The van der Waals surface area contributed by atoms with E-state index in [1.54, 1.807) is 15.9 Å². The number of rotatable bonds is 13. The lowest BCUT2D eigenvalue weighted by Gasteiger charge is -2.31. The van der Waals surface area contributed by atoms with Crippen molar-refractivity contribution in [3.05, 3.63) is 53.6 Å². The molecule has 2 amide bonds. The molecule has 0 aliphatic carbocycles. The van der Waals surface area contributed by atoms with Crippen LogP contribution in [0.5, 0.6) is 11.5 Å². The van der Waals surface area contributed by atoms with Gasteiger partial charge in [0, 0.05) is 50.4 Å². The van der Waals surface area contributed by atoms with Crippen molar-refractivity contribution in [1.29, 1.82) is 0 Å². The summed E-state index contributed by atoms with van der Waals surface area (Å²) in [4.78, 5) is 44.8. The van der Waals surface area contributed by atoms with E-state index in [-0.39, 0.29) is 37.7 Å². The fraction of sp³-hybridized carbons (Fsp3) is 0.516. The molecule has 0 saturated carbocycles. The molecule has 1 saturated heterocycles. The number of carbonyl (C=O) groups is 3. The van der Waals surface area contributed by atoms with Gasteiger partial charge in [-0.15, -0.1) is 0 Å². The fourth-order valence-electron chi connectivity index (χ4n) is 6.40. The molecule has 2 N–H and O–H groups in total. The van der Waals surface area contributed by atoms with Gasteiger partial charge in [0.25, 0.3) is 0 Å². The monoisotopic (exact) mass is 565 g/mol. The number of anilines is 1. The topological polar surface area (TPSA) is 120 Å². The number of ether oxygens (including phenoxy) is 2. The average molecular weight is 566 g/mol. The normalized spacial score (nSPS) is 21.4. The van der Waals surface area contributed by atoms with Crippen LogP contribution in [0.25, 0.3) is 0 Å². The number of carboxylic acid groups (broad SMARTS) is 1. The maximum absolute atomic E-state index is 13.6. The number of aliphatic hydroxyl groups is 1. The molecule has 2 aromatic rings. The van der Waals surface area contributed by atoms with Crippen LogP contribution in [0.15, 0.2) is 42.5 Å². The number of fused-ring (bicyclic) bond motifs is 2. The van der Waals surface area contributed by atoms with Crippen molar-refractivity contribution in [3.8, 4) is 11.5 Å². The van der Waals surface area contributed by atoms with Crippen molar-refractivity contribution in [2.24, 2.45) is 5.92 Å². The predicted molar refractivity (Wildman–Crippen MR) is 152 cm³/mol. The molecule has 0 bridgehead atoms. The van der Waals surface area contributed by atoms with E-state index < -0.39 is 17.9 Å². The van der Waals surface area contributed by atoms with Gasteiger partial charge in [-0.25, -0.2) is 0 Å². The molecule has 3 aliphatic heterocycles. The molecule has 0 radical (unpaired) electrons. The Morgan fingerprint density at radius 3 is 2.63 bits per heavy atom. The third-order valence-electron chi connectivity index (χ3n) is 8.49.